The van der Waals surface area contributed by atoms with Crippen molar-refractivity contribution in [3.8, 4) is 22.8 Å². The number of anilines is 1. The standard InChI is InChI=1S/C28H29ClN6O2S/c1-3-37-24-8-6-23(7-9-24)35-27(21-10-12-30-13-11-21)31-32-28(35)38-19-26(36)34-16-14-33(15-17-34)25-18-22(29)5-4-20(25)2/h4-13,18H,3,14-17,19H2,1-2H3. The summed E-state index contributed by atoms with van der Waals surface area (Å²) in [4.78, 5) is 21.5. The molecule has 5 rings (SSSR count). The number of piperazine rings is 1. The van der Waals surface area contributed by atoms with Crippen LogP contribution in [0.4, 0.5) is 5.69 Å². The zero-order valence-corrected chi connectivity index (χ0v) is 23.0. The third-order valence-electron chi connectivity index (χ3n) is 6.45. The van der Waals surface area contributed by atoms with Gasteiger partial charge in [0.15, 0.2) is 11.0 Å². The van der Waals surface area contributed by atoms with Crippen LogP contribution in [0.5, 0.6) is 5.75 Å². The number of benzene rings is 2. The van der Waals surface area contributed by atoms with Gasteiger partial charge in [-0.1, -0.05) is 29.4 Å². The van der Waals surface area contributed by atoms with Gasteiger partial charge in [-0.3, -0.25) is 14.3 Å². The van der Waals surface area contributed by atoms with E-state index < -0.39 is 0 Å². The number of nitrogens with zero attached hydrogens (tertiary/aromatic N) is 6. The topological polar surface area (TPSA) is 76.4 Å². The van der Waals surface area contributed by atoms with Gasteiger partial charge in [-0.2, -0.15) is 0 Å². The van der Waals surface area contributed by atoms with Crippen molar-refractivity contribution in [3.05, 3.63) is 77.6 Å². The summed E-state index contributed by atoms with van der Waals surface area (Å²) in [5.41, 5.74) is 4.10. The van der Waals surface area contributed by atoms with Gasteiger partial charge in [0.25, 0.3) is 0 Å². The van der Waals surface area contributed by atoms with Crippen molar-refractivity contribution in [2.24, 2.45) is 0 Å². The van der Waals surface area contributed by atoms with Gasteiger partial charge >= 0.3 is 0 Å². The average Bonchev–Trinajstić information content (AvgIpc) is 3.38. The lowest BCUT2D eigenvalue weighted by atomic mass is 10.1. The van der Waals surface area contributed by atoms with Crippen LogP contribution in [-0.2, 0) is 4.79 Å². The van der Waals surface area contributed by atoms with Crippen LogP contribution in [-0.4, -0.2) is 69.1 Å². The number of aryl methyl sites for hydroxylation is 1. The molecule has 10 heteroatoms. The molecule has 1 saturated heterocycles. The highest BCUT2D eigenvalue weighted by molar-refractivity contribution is 7.99. The summed E-state index contributed by atoms with van der Waals surface area (Å²) in [5, 5.41) is 10.3. The molecule has 3 heterocycles. The number of amides is 1. The first-order chi connectivity index (χ1) is 18.5. The SMILES string of the molecule is CCOc1ccc(-n2c(SCC(=O)N3CCN(c4cc(Cl)ccc4C)CC3)nnc2-c2ccncc2)cc1. The molecule has 0 spiro atoms. The highest BCUT2D eigenvalue weighted by Crippen LogP contribution is 2.29. The van der Waals surface area contributed by atoms with Crippen LogP contribution < -0.4 is 9.64 Å². The van der Waals surface area contributed by atoms with Crippen molar-refractivity contribution in [1.29, 1.82) is 0 Å². The Morgan fingerprint density at radius 2 is 1.74 bits per heavy atom. The zero-order chi connectivity index (χ0) is 26.5. The van der Waals surface area contributed by atoms with Gasteiger partial charge in [-0.25, -0.2) is 0 Å². The Bertz CT molecular complexity index is 1390. The minimum Gasteiger partial charge on any atom is -0.494 e. The summed E-state index contributed by atoms with van der Waals surface area (Å²) in [6.45, 7) is 7.51. The molecule has 0 aliphatic carbocycles. The third kappa shape index (κ3) is 5.79. The van der Waals surface area contributed by atoms with Crippen molar-refractivity contribution < 1.29 is 9.53 Å². The fourth-order valence-electron chi connectivity index (χ4n) is 4.48. The summed E-state index contributed by atoms with van der Waals surface area (Å²) in [6, 6.07) is 17.5. The summed E-state index contributed by atoms with van der Waals surface area (Å²) >= 11 is 7.61. The summed E-state index contributed by atoms with van der Waals surface area (Å²) in [7, 11) is 0. The predicted molar refractivity (Wildman–Crippen MR) is 151 cm³/mol. The molecule has 2 aromatic heterocycles. The molecule has 8 nitrogen and oxygen atoms in total. The number of aromatic nitrogens is 4. The highest BCUT2D eigenvalue weighted by Gasteiger charge is 2.24. The van der Waals surface area contributed by atoms with Gasteiger partial charge in [0.2, 0.25) is 5.91 Å². The lowest BCUT2D eigenvalue weighted by molar-refractivity contribution is -0.128. The first-order valence-electron chi connectivity index (χ1n) is 12.5. The van der Waals surface area contributed by atoms with Gasteiger partial charge in [0, 0.05) is 60.5 Å². The summed E-state index contributed by atoms with van der Waals surface area (Å²) in [6.07, 6.45) is 3.46. The first-order valence-corrected chi connectivity index (χ1v) is 13.9. The number of halogens is 1. The molecule has 4 aromatic rings. The van der Waals surface area contributed by atoms with Gasteiger partial charge < -0.3 is 14.5 Å². The fourth-order valence-corrected chi connectivity index (χ4v) is 5.50. The van der Waals surface area contributed by atoms with Crippen LogP contribution in [0.3, 0.4) is 0 Å². The minimum absolute atomic E-state index is 0.0872. The molecule has 196 valence electrons. The largest absolute Gasteiger partial charge is 0.494 e. The molecule has 1 aliphatic heterocycles. The highest BCUT2D eigenvalue weighted by atomic mass is 35.5. The molecule has 1 amide bonds. The molecule has 1 aliphatic rings. The van der Waals surface area contributed by atoms with Crippen molar-refractivity contribution in [3.63, 3.8) is 0 Å². The van der Waals surface area contributed by atoms with Crippen molar-refractivity contribution >= 4 is 35.0 Å². The number of thioether (sulfide) groups is 1. The maximum atomic E-state index is 13.2. The fraction of sp³-hybridized carbons (Fsp3) is 0.286. The number of hydrogen-bond acceptors (Lipinski definition) is 7. The van der Waals surface area contributed by atoms with Gasteiger partial charge in [-0.05, 0) is 67.9 Å². The molecule has 38 heavy (non-hydrogen) atoms. The number of rotatable bonds is 8. The smallest absolute Gasteiger partial charge is 0.233 e. The number of pyridine rings is 1. The molecule has 0 N–H and O–H groups in total. The molecule has 1 fully saturated rings. The molecule has 2 aromatic carbocycles. The maximum absolute atomic E-state index is 13.2. The van der Waals surface area contributed by atoms with Crippen LogP contribution in [0.1, 0.15) is 12.5 Å². The van der Waals surface area contributed by atoms with E-state index in [4.69, 9.17) is 16.3 Å². The van der Waals surface area contributed by atoms with E-state index in [0.717, 1.165) is 40.8 Å². The van der Waals surface area contributed by atoms with Crippen LogP contribution in [0.25, 0.3) is 17.1 Å². The molecule has 0 unspecified atom stereocenters. The van der Waals surface area contributed by atoms with Crippen LogP contribution in [0.15, 0.2) is 72.1 Å². The first kappa shape index (κ1) is 26.1. The molecular weight excluding hydrogens is 520 g/mol. The summed E-state index contributed by atoms with van der Waals surface area (Å²) < 4.78 is 7.58. The van der Waals surface area contributed by atoms with E-state index in [1.165, 1.54) is 17.3 Å². The Morgan fingerprint density at radius 3 is 2.45 bits per heavy atom. The normalized spacial score (nSPS) is 13.6. The average molecular weight is 549 g/mol. The lowest BCUT2D eigenvalue weighted by Gasteiger charge is -2.36. The van der Waals surface area contributed by atoms with E-state index >= 15 is 0 Å². The number of carbonyl (C=O) groups is 1. The number of ether oxygens (including phenoxy) is 1. The van der Waals surface area contributed by atoms with Crippen molar-refractivity contribution in [1.82, 2.24) is 24.6 Å². The van der Waals surface area contributed by atoms with Crippen molar-refractivity contribution in [2.75, 3.05) is 43.4 Å². The monoisotopic (exact) mass is 548 g/mol. The molecule has 0 radical (unpaired) electrons. The van der Waals surface area contributed by atoms with Gasteiger partial charge in [0.1, 0.15) is 5.75 Å². The van der Waals surface area contributed by atoms with E-state index in [1.807, 2.05) is 71.0 Å². The van der Waals surface area contributed by atoms with Crippen LogP contribution >= 0.6 is 23.4 Å². The van der Waals surface area contributed by atoms with Crippen LogP contribution in [0.2, 0.25) is 5.02 Å². The molecule has 0 atom stereocenters. The Labute approximate surface area is 231 Å². The Kier molecular flexibility index (Phi) is 8.14. The van der Waals surface area contributed by atoms with E-state index in [9.17, 15) is 4.79 Å². The quantitative estimate of drug-likeness (QED) is 0.282. The Morgan fingerprint density at radius 1 is 1.00 bits per heavy atom. The van der Waals surface area contributed by atoms with Crippen LogP contribution in [0, 0.1) is 6.92 Å². The van der Waals surface area contributed by atoms with E-state index in [-0.39, 0.29) is 11.7 Å². The summed E-state index contributed by atoms with van der Waals surface area (Å²) in [5.74, 6) is 1.86. The van der Waals surface area contributed by atoms with Gasteiger partial charge in [0.05, 0.1) is 12.4 Å². The van der Waals surface area contributed by atoms with Gasteiger partial charge in [-0.15, -0.1) is 10.2 Å². The van der Waals surface area contributed by atoms with E-state index in [0.29, 0.717) is 30.7 Å². The predicted octanol–water partition coefficient (Wildman–Crippen LogP) is 5.13. The molecular formula is C28H29ClN6O2S. The zero-order valence-electron chi connectivity index (χ0n) is 21.4. The molecule has 0 bridgehead atoms. The van der Waals surface area contributed by atoms with E-state index in [1.54, 1.807) is 12.4 Å². The Balaban J connectivity index is 1.29. The minimum atomic E-state index is 0.0872. The molecule has 0 saturated carbocycles. The number of carbonyl (C=O) groups excluding carboxylic acids is 1. The second kappa shape index (κ2) is 11.9. The Hall–Kier alpha value is -3.56. The maximum Gasteiger partial charge on any atom is 0.233 e. The van der Waals surface area contributed by atoms with E-state index in [2.05, 4.69) is 27.0 Å². The second-order valence-corrected chi connectivity index (χ2v) is 10.3. The number of hydrogen-bond donors (Lipinski definition) is 0. The second-order valence-electron chi connectivity index (χ2n) is 8.89. The third-order valence-corrected chi connectivity index (χ3v) is 7.60. The van der Waals surface area contributed by atoms with Crippen molar-refractivity contribution in [2.45, 2.75) is 19.0 Å². The lowest BCUT2D eigenvalue weighted by Crippen LogP contribution is -2.49.